The van der Waals surface area contributed by atoms with E-state index in [1.165, 1.54) is 37.1 Å². The minimum Gasteiger partial charge on any atom is -0.371 e. The average Bonchev–Trinajstić information content (AvgIpc) is 2.67. The Morgan fingerprint density at radius 1 is 0.889 bits per heavy atom. The first-order valence-electron chi connectivity index (χ1n) is 9.26. The summed E-state index contributed by atoms with van der Waals surface area (Å²) in [5.74, 6) is 0. The number of aryl methyl sites for hydroxylation is 1. The third-order valence-electron chi connectivity index (χ3n) is 5.14. The molecule has 0 amide bonds. The van der Waals surface area contributed by atoms with E-state index in [9.17, 15) is 13.2 Å². The Hall–Kier alpha value is -2.56. The molecule has 2 nitrogen and oxygen atoms in total. The molecule has 2 heterocycles. The fourth-order valence-electron chi connectivity index (χ4n) is 3.79. The summed E-state index contributed by atoms with van der Waals surface area (Å²) in [6.07, 6.45) is -0.711. The van der Waals surface area contributed by atoms with E-state index in [1.54, 1.807) is 6.07 Å². The second-order valence-electron chi connectivity index (χ2n) is 7.14. The zero-order valence-electron chi connectivity index (χ0n) is 15.2. The van der Waals surface area contributed by atoms with Gasteiger partial charge in [0, 0.05) is 29.9 Å². The monoisotopic (exact) mass is 370 g/mol. The quantitative estimate of drug-likeness (QED) is 0.532. The van der Waals surface area contributed by atoms with Crippen LogP contribution < -0.4 is 4.90 Å². The van der Waals surface area contributed by atoms with Crippen LogP contribution >= 0.6 is 0 Å². The molecule has 2 aromatic carbocycles. The lowest BCUT2D eigenvalue weighted by Gasteiger charge is -2.30. The number of aromatic nitrogens is 1. The van der Waals surface area contributed by atoms with Crippen molar-refractivity contribution < 1.29 is 13.2 Å². The fourth-order valence-corrected chi connectivity index (χ4v) is 3.79. The van der Waals surface area contributed by atoms with Crippen LogP contribution in [0.2, 0.25) is 0 Å². The first kappa shape index (κ1) is 17.8. The molecule has 0 radical (unpaired) electrons. The molecule has 5 heteroatoms. The van der Waals surface area contributed by atoms with Gasteiger partial charge in [-0.25, -0.2) is 0 Å². The zero-order valence-corrected chi connectivity index (χ0v) is 15.2. The SMILES string of the molecule is Cc1cc(N2CCCCC2)c2ccc(-c3cccc(C(F)(F)F)c3)cc2n1. The molecule has 0 bridgehead atoms. The van der Waals surface area contributed by atoms with Crippen LogP contribution in [0.4, 0.5) is 18.9 Å². The zero-order chi connectivity index (χ0) is 19.0. The van der Waals surface area contributed by atoms with Crippen LogP contribution in [0, 0.1) is 6.92 Å². The molecule has 27 heavy (non-hydrogen) atoms. The Bertz CT molecular complexity index is 973. The molecule has 0 N–H and O–H groups in total. The van der Waals surface area contributed by atoms with E-state index < -0.39 is 11.7 Å². The Morgan fingerprint density at radius 3 is 2.37 bits per heavy atom. The minimum absolute atomic E-state index is 0.551. The lowest BCUT2D eigenvalue weighted by Crippen LogP contribution is -2.29. The molecule has 140 valence electrons. The maximum atomic E-state index is 13.0. The number of halogens is 3. The second kappa shape index (κ2) is 6.87. The highest BCUT2D eigenvalue weighted by Crippen LogP contribution is 2.35. The van der Waals surface area contributed by atoms with Gasteiger partial charge in [0.1, 0.15) is 0 Å². The Balaban J connectivity index is 1.79. The normalized spacial score (nSPS) is 15.3. The van der Waals surface area contributed by atoms with Crippen molar-refractivity contribution in [1.82, 2.24) is 4.98 Å². The van der Waals surface area contributed by atoms with E-state index >= 15 is 0 Å². The van der Waals surface area contributed by atoms with Gasteiger partial charge in [0.05, 0.1) is 11.1 Å². The molecule has 0 spiro atoms. The molecule has 1 aromatic heterocycles. The molecular formula is C22H21F3N2. The highest BCUT2D eigenvalue weighted by molar-refractivity contribution is 5.94. The summed E-state index contributed by atoms with van der Waals surface area (Å²) in [6.45, 7) is 4.03. The number of benzene rings is 2. The molecule has 0 aliphatic carbocycles. The van der Waals surface area contributed by atoms with Crippen LogP contribution in [0.15, 0.2) is 48.5 Å². The highest BCUT2D eigenvalue weighted by atomic mass is 19.4. The summed E-state index contributed by atoms with van der Waals surface area (Å²) in [7, 11) is 0. The molecule has 0 atom stereocenters. The van der Waals surface area contributed by atoms with Crippen LogP contribution in [0.5, 0.6) is 0 Å². The van der Waals surface area contributed by atoms with Crippen LogP contribution in [-0.2, 0) is 6.18 Å². The number of rotatable bonds is 2. The number of fused-ring (bicyclic) bond motifs is 1. The maximum Gasteiger partial charge on any atom is 0.416 e. The molecule has 0 saturated carbocycles. The Labute approximate surface area is 156 Å². The van der Waals surface area contributed by atoms with Gasteiger partial charge in [0.15, 0.2) is 0 Å². The van der Waals surface area contributed by atoms with Crippen molar-refractivity contribution in [2.24, 2.45) is 0 Å². The molecule has 1 fully saturated rings. The lowest BCUT2D eigenvalue weighted by atomic mass is 10.00. The van der Waals surface area contributed by atoms with Gasteiger partial charge in [-0.1, -0.05) is 24.3 Å². The first-order chi connectivity index (χ1) is 12.9. The first-order valence-corrected chi connectivity index (χ1v) is 9.26. The molecule has 1 saturated heterocycles. The third-order valence-corrected chi connectivity index (χ3v) is 5.14. The predicted molar refractivity (Wildman–Crippen MR) is 103 cm³/mol. The van der Waals surface area contributed by atoms with Gasteiger partial charge < -0.3 is 4.90 Å². The van der Waals surface area contributed by atoms with Crippen molar-refractivity contribution in [3.8, 4) is 11.1 Å². The smallest absolute Gasteiger partial charge is 0.371 e. The summed E-state index contributed by atoms with van der Waals surface area (Å²) in [6, 6.07) is 13.3. The van der Waals surface area contributed by atoms with Crippen LogP contribution in [0.1, 0.15) is 30.5 Å². The van der Waals surface area contributed by atoms with Crippen molar-refractivity contribution in [2.45, 2.75) is 32.4 Å². The van der Waals surface area contributed by atoms with Gasteiger partial charge in [-0.05, 0) is 61.6 Å². The average molecular weight is 370 g/mol. The van der Waals surface area contributed by atoms with Crippen molar-refractivity contribution in [3.63, 3.8) is 0 Å². The van der Waals surface area contributed by atoms with Gasteiger partial charge in [0.25, 0.3) is 0 Å². The fraction of sp³-hybridized carbons (Fsp3) is 0.318. The summed E-state index contributed by atoms with van der Waals surface area (Å²) < 4.78 is 39.1. The number of anilines is 1. The van der Waals surface area contributed by atoms with E-state index in [2.05, 4.69) is 16.0 Å². The van der Waals surface area contributed by atoms with Crippen LogP contribution in [-0.4, -0.2) is 18.1 Å². The van der Waals surface area contributed by atoms with E-state index in [-0.39, 0.29) is 0 Å². The van der Waals surface area contributed by atoms with Crippen molar-refractivity contribution in [3.05, 3.63) is 59.8 Å². The molecule has 0 unspecified atom stereocenters. The highest BCUT2D eigenvalue weighted by Gasteiger charge is 2.30. The minimum atomic E-state index is -4.34. The Kier molecular flexibility index (Phi) is 4.54. The molecule has 3 aromatic rings. The van der Waals surface area contributed by atoms with E-state index in [0.29, 0.717) is 5.56 Å². The number of hydrogen-bond acceptors (Lipinski definition) is 2. The maximum absolute atomic E-state index is 13.0. The number of pyridine rings is 1. The van der Waals surface area contributed by atoms with Crippen molar-refractivity contribution in [2.75, 3.05) is 18.0 Å². The van der Waals surface area contributed by atoms with E-state index in [4.69, 9.17) is 0 Å². The number of alkyl halides is 3. The van der Waals surface area contributed by atoms with Crippen molar-refractivity contribution >= 4 is 16.6 Å². The molecule has 4 rings (SSSR count). The van der Waals surface area contributed by atoms with Crippen LogP contribution in [0.3, 0.4) is 0 Å². The molecule has 1 aliphatic rings. The number of nitrogens with zero attached hydrogens (tertiary/aromatic N) is 2. The van der Waals surface area contributed by atoms with E-state index in [1.807, 2.05) is 25.1 Å². The molecular weight excluding hydrogens is 349 g/mol. The van der Waals surface area contributed by atoms with Gasteiger partial charge in [0.2, 0.25) is 0 Å². The Morgan fingerprint density at radius 2 is 1.63 bits per heavy atom. The standard InChI is InChI=1S/C22H21F3N2/c1-15-12-21(27-10-3-2-4-11-27)19-9-8-17(14-20(19)26-15)16-6-5-7-18(13-16)22(23,24)25/h5-9,12-14H,2-4,10-11H2,1H3. The topological polar surface area (TPSA) is 16.1 Å². The number of piperidine rings is 1. The largest absolute Gasteiger partial charge is 0.416 e. The summed E-state index contributed by atoms with van der Waals surface area (Å²) in [5, 5.41) is 1.05. The van der Waals surface area contributed by atoms with Gasteiger partial charge in [-0.15, -0.1) is 0 Å². The predicted octanol–water partition coefficient (Wildman–Crippen LogP) is 6.22. The third kappa shape index (κ3) is 3.64. The second-order valence-corrected chi connectivity index (χ2v) is 7.14. The van der Waals surface area contributed by atoms with Gasteiger partial charge >= 0.3 is 6.18 Å². The van der Waals surface area contributed by atoms with E-state index in [0.717, 1.165) is 41.3 Å². The lowest BCUT2D eigenvalue weighted by molar-refractivity contribution is -0.137. The summed E-state index contributed by atoms with van der Waals surface area (Å²) in [5.41, 5.74) is 3.58. The number of hydrogen-bond donors (Lipinski definition) is 0. The molecule has 1 aliphatic heterocycles. The van der Waals surface area contributed by atoms with Crippen molar-refractivity contribution in [1.29, 1.82) is 0 Å². The summed E-state index contributed by atoms with van der Waals surface area (Å²) >= 11 is 0. The van der Waals surface area contributed by atoms with Gasteiger partial charge in [-0.2, -0.15) is 13.2 Å². The van der Waals surface area contributed by atoms with Gasteiger partial charge in [-0.3, -0.25) is 4.98 Å². The summed E-state index contributed by atoms with van der Waals surface area (Å²) in [4.78, 5) is 7.03. The van der Waals surface area contributed by atoms with Crippen LogP contribution in [0.25, 0.3) is 22.0 Å².